The minimum atomic E-state index is 0.227. The molecule has 0 saturated carbocycles. The second-order valence-corrected chi connectivity index (χ2v) is 5.10. The molecule has 0 saturated heterocycles. The van der Waals surface area contributed by atoms with Gasteiger partial charge in [0.1, 0.15) is 5.82 Å². The Balaban J connectivity index is 2.14. The van der Waals surface area contributed by atoms with Crippen molar-refractivity contribution in [2.75, 3.05) is 0 Å². The van der Waals surface area contributed by atoms with Gasteiger partial charge in [0.2, 0.25) is 5.96 Å². The number of benzene rings is 1. The van der Waals surface area contributed by atoms with Gasteiger partial charge in [0.05, 0.1) is 6.04 Å². The molecule has 1 aliphatic carbocycles. The number of aliphatic imine (C=N–C) groups is 2. The molecule has 0 unspecified atom stereocenters. The molecule has 106 valence electrons. The molecule has 2 rings (SSSR count). The van der Waals surface area contributed by atoms with Crippen LogP contribution in [-0.2, 0) is 6.42 Å². The minimum Gasteiger partial charge on any atom is -0.368 e. The first-order valence-electron chi connectivity index (χ1n) is 6.98. The standard InChI is InChI=1S/C16H22N4/c1-4-18-16(17)20-12(3)19-15-7-5-6-13-9-8-11(2)10-14(13)15/h4,8-10,15,19H,3,5-7H2,1-2H3,(H2,17,20)/b18-4-/t15-/m1/s1. The van der Waals surface area contributed by atoms with Crippen LogP contribution in [0.15, 0.2) is 40.6 Å². The minimum absolute atomic E-state index is 0.227. The third-order valence-electron chi connectivity index (χ3n) is 3.47. The van der Waals surface area contributed by atoms with E-state index in [0.717, 1.165) is 12.8 Å². The Kier molecular flexibility index (Phi) is 4.56. The highest BCUT2D eigenvalue weighted by atomic mass is 15.1. The average molecular weight is 270 g/mol. The van der Waals surface area contributed by atoms with Crippen LogP contribution < -0.4 is 11.1 Å². The van der Waals surface area contributed by atoms with E-state index in [1.165, 1.54) is 23.1 Å². The largest absolute Gasteiger partial charge is 0.368 e. The van der Waals surface area contributed by atoms with Gasteiger partial charge in [0.15, 0.2) is 0 Å². The summed E-state index contributed by atoms with van der Waals surface area (Å²) in [5.41, 5.74) is 9.70. The fourth-order valence-corrected chi connectivity index (χ4v) is 2.60. The lowest BCUT2D eigenvalue weighted by atomic mass is 9.86. The Labute approximate surface area is 120 Å². The molecule has 0 aliphatic heterocycles. The molecule has 0 bridgehead atoms. The molecule has 0 aromatic heterocycles. The van der Waals surface area contributed by atoms with E-state index in [1.807, 2.05) is 0 Å². The third kappa shape index (κ3) is 3.47. The van der Waals surface area contributed by atoms with E-state index in [2.05, 4.69) is 47.0 Å². The fourth-order valence-electron chi connectivity index (χ4n) is 2.60. The molecule has 1 aliphatic rings. The zero-order valence-corrected chi connectivity index (χ0v) is 12.2. The van der Waals surface area contributed by atoms with Crippen molar-refractivity contribution in [1.82, 2.24) is 5.32 Å². The van der Waals surface area contributed by atoms with Gasteiger partial charge in [-0.3, -0.25) is 0 Å². The zero-order valence-electron chi connectivity index (χ0n) is 12.2. The molecule has 20 heavy (non-hydrogen) atoms. The second-order valence-electron chi connectivity index (χ2n) is 5.10. The van der Waals surface area contributed by atoms with Gasteiger partial charge in [-0.2, -0.15) is 4.99 Å². The molecule has 0 fully saturated rings. The SMILES string of the molecule is C=C(/N=C(N)\N=C/C)N[C@@H]1CCCc2ccc(C)cc21. The van der Waals surface area contributed by atoms with E-state index < -0.39 is 0 Å². The summed E-state index contributed by atoms with van der Waals surface area (Å²) in [6.45, 7) is 7.84. The van der Waals surface area contributed by atoms with Gasteiger partial charge in [-0.25, -0.2) is 4.99 Å². The lowest BCUT2D eigenvalue weighted by Gasteiger charge is -2.27. The van der Waals surface area contributed by atoms with Crippen LogP contribution in [0.3, 0.4) is 0 Å². The van der Waals surface area contributed by atoms with Gasteiger partial charge < -0.3 is 11.1 Å². The number of fused-ring (bicyclic) bond motifs is 1. The van der Waals surface area contributed by atoms with Crippen molar-refractivity contribution in [3.05, 3.63) is 47.3 Å². The van der Waals surface area contributed by atoms with Crippen molar-refractivity contribution >= 4 is 12.2 Å². The Morgan fingerprint density at radius 2 is 2.30 bits per heavy atom. The highest BCUT2D eigenvalue weighted by Crippen LogP contribution is 2.31. The molecule has 0 heterocycles. The van der Waals surface area contributed by atoms with Crippen molar-refractivity contribution in [2.24, 2.45) is 15.7 Å². The summed E-state index contributed by atoms with van der Waals surface area (Å²) in [6.07, 6.45) is 5.02. The van der Waals surface area contributed by atoms with E-state index in [-0.39, 0.29) is 12.0 Å². The van der Waals surface area contributed by atoms with Crippen LogP contribution in [0.1, 0.15) is 42.5 Å². The van der Waals surface area contributed by atoms with Crippen molar-refractivity contribution in [1.29, 1.82) is 0 Å². The number of hydrogen-bond donors (Lipinski definition) is 2. The second kappa shape index (κ2) is 6.37. The molecular formula is C16H22N4. The first kappa shape index (κ1) is 14.3. The van der Waals surface area contributed by atoms with Crippen LogP contribution in [0, 0.1) is 6.92 Å². The van der Waals surface area contributed by atoms with Crippen molar-refractivity contribution in [2.45, 2.75) is 39.2 Å². The van der Waals surface area contributed by atoms with Crippen LogP contribution >= 0.6 is 0 Å². The lowest BCUT2D eigenvalue weighted by Crippen LogP contribution is -2.25. The van der Waals surface area contributed by atoms with Crippen LogP contribution in [-0.4, -0.2) is 12.2 Å². The zero-order chi connectivity index (χ0) is 14.5. The number of nitrogens with one attached hydrogen (secondary N) is 1. The first-order valence-corrected chi connectivity index (χ1v) is 6.98. The summed E-state index contributed by atoms with van der Waals surface area (Å²) < 4.78 is 0. The van der Waals surface area contributed by atoms with Crippen LogP contribution in [0.25, 0.3) is 0 Å². The van der Waals surface area contributed by atoms with Gasteiger partial charge in [0.25, 0.3) is 0 Å². The Hall–Kier alpha value is -2.10. The number of aryl methyl sites for hydroxylation is 2. The van der Waals surface area contributed by atoms with E-state index in [9.17, 15) is 0 Å². The monoisotopic (exact) mass is 270 g/mol. The van der Waals surface area contributed by atoms with Crippen molar-refractivity contribution < 1.29 is 0 Å². The van der Waals surface area contributed by atoms with Gasteiger partial charge in [0, 0.05) is 6.21 Å². The molecule has 0 radical (unpaired) electrons. The maximum absolute atomic E-state index is 5.66. The van der Waals surface area contributed by atoms with E-state index in [1.54, 1.807) is 13.1 Å². The quantitative estimate of drug-likeness (QED) is 0.655. The highest BCUT2D eigenvalue weighted by molar-refractivity contribution is 5.86. The third-order valence-corrected chi connectivity index (χ3v) is 3.47. The van der Waals surface area contributed by atoms with Gasteiger partial charge in [-0.05, 0) is 44.2 Å². The Bertz CT molecular complexity index is 558. The predicted molar refractivity (Wildman–Crippen MR) is 84.9 cm³/mol. The molecule has 0 spiro atoms. The van der Waals surface area contributed by atoms with E-state index >= 15 is 0 Å². The Morgan fingerprint density at radius 3 is 3.05 bits per heavy atom. The number of guanidine groups is 1. The molecule has 1 atom stereocenters. The molecule has 1 aromatic rings. The number of nitrogens with zero attached hydrogens (tertiary/aromatic N) is 2. The summed E-state index contributed by atoms with van der Waals surface area (Å²) in [7, 11) is 0. The maximum atomic E-state index is 5.66. The summed E-state index contributed by atoms with van der Waals surface area (Å²) in [5.74, 6) is 0.790. The Morgan fingerprint density at radius 1 is 1.50 bits per heavy atom. The topological polar surface area (TPSA) is 62.8 Å². The van der Waals surface area contributed by atoms with Gasteiger partial charge in [-0.1, -0.05) is 30.3 Å². The molecular weight excluding hydrogens is 248 g/mol. The lowest BCUT2D eigenvalue weighted by molar-refractivity contribution is 0.497. The van der Waals surface area contributed by atoms with Crippen LogP contribution in [0.2, 0.25) is 0 Å². The molecule has 3 N–H and O–H groups in total. The number of rotatable bonds is 3. The highest BCUT2D eigenvalue weighted by Gasteiger charge is 2.20. The van der Waals surface area contributed by atoms with Gasteiger partial charge in [-0.15, -0.1) is 0 Å². The van der Waals surface area contributed by atoms with Crippen molar-refractivity contribution in [3.8, 4) is 0 Å². The number of nitrogens with two attached hydrogens (primary N) is 1. The smallest absolute Gasteiger partial charge is 0.221 e. The summed E-state index contributed by atoms with van der Waals surface area (Å²) in [6, 6.07) is 6.90. The van der Waals surface area contributed by atoms with E-state index in [0.29, 0.717) is 5.82 Å². The van der Waals surface area contributed by atoms with Crippen LogP contribution in [0.4, 0.5) is 0 Å². The molecule has 4 heteroatoms. The fraction of sp³-hybridized carbons (Fsp3) is 0.375. The normalized spacial score (nSPS) is 18.9. The summed E-state index contributed by atoms with van der Waals surface area (Å²) in [4.78, 5) is 8.07. The predicted octanol–water partition coefficient (Wildman–Crippen LogP) is 2.84. The molecule has 0 amide bonds. The number of hydrogen-bond acceptors (Lipinski definition) is 2. The summed E-state index contributed by atoms with van der Waals surface area (Å²) >= 11 is 0. The van der Waals surface area contributed by atoms with Gasteiger partial charge >= 0.3 is 0 Å². The molecule has 4 nitrogen and oxygen atoms in total. The van der Waals surface area contributed by atoms with Crippen LogP contribution in [0.5, 0.6) is 0 Å². The summed E-state index contributed by atoms with van der Waals surface area (Å²) in [5, 5.41) is 3.36. The first-order chi connectivity index (χ1) is 9.60. The molecule has 1 aromatic carbocycles. The van der Waals surface area contributed by atoms with Crippen molar-refractivity contribution in [3.63, 3.8) is 0 Å². The van der Waals surface area contributed by atoms with E-state index in [4.69, 9.17) is 5.73 Å². The average Bonchev–Trinajstić information content (AvgIpc) is 2.39. The maximum Gasteiger partial charge on any atom is 0.221 e.